The second-order valence-corrected chi connectivity index (χ2v) is 3.97. The molecule has 1 aromatic rings. The fourth-order valence-corrected chi connectivity index (χ4v) is 1.66. The van der Waals surface area contributed by atoms with Crippen molar-refractivity contribution in [1.29, 1.82) is 0 Å². The summed E-state index contributed by atoms with van der Waals surface area (Å²) in [7, 11) is 1.56. The van der Waals surface area contributed by atoms with Crippen molar-refractivity contribution < 1.29 is 9.47 Å². The van der Waals surface area contributed by atoms with E-state index in [9.17, 15) is 0 Å². The van der Waals surface area contributed by atoms with Crippen LogP contribution in [0.5, 0.6) is 6.01 Å². The van der Waals surface area contributed by atoms with Crippen molar-refractivity contribution in [3.05, 3.63) is 0 Å². The van der Waals surface area contributed by atoms with Crippen molar-refractivity contribution in [3.8, 4) is 6.01 Å². The van der Waals surface area contributed by atoms with Crippen LogP contribution in [0.1, 0.15) is 13.3 Å². The fraction of sp³-hybridized carbons (Fsp3) is 0.727. The Morgan fingerprint density at radius 3 is 2.72 bits per heavy atom. The zero-order valence-corrected chi connectivity index (χ0v) is 10.8. The van der Waals surface area contributed by atoms with Gasteiger partial charge >= 0.3 is 6.01 Å². The molecule has 1 aliphatic heterocycles. The highest BCUT2D eigenvalue weighted by molar-refractivity contribution is 5.38. The van der Waals surface area contributed by atoms with Crippen molar-refractivity contribution >= 4 is 11.9 Å². The number of rotatable bonds is 5. The van der Waals surface area contributed by atoms with Crippen LogP contribution in [-0.2, 0) is 4.74 Å². The molecule has 18 heavy (non-hydrogen) atoms. The van der Waals surface area contributed by atoms with E-state index >= 15 is 0 Å². The fourth-order valence-electron chi connectivity index (χ4n) is 1.66. The molecular weight excluding hydrogens is 234 g/mol. The summed E-state index contributed by atoms with van der Waals surface area (Å²) < 4.78 is 10.4. The van der Waals surface area contributed by atoms with Gasteiger partial charge in [0, 0.05) is 19.6 Å². The molecule has 1 N–H and O–H groups in total. The second kappa shape index (κ2) is 6.34. The third-order valence-corrected chi connectivity index (χ3v) is 2.61. The summed E-state index contributed by atoms with van der Waals surface area (Å²) in [4.78, 5) is 14.9. The molecule has 1 aromatic heterocycles. The zero-order chi connectivity index (χ0) is 12.8. The third kappa shape index (κ3) is 3.19. The number of anilines is 2. The van der Waals surface area contributed by atoms with E-state index in [0.717, 1.165) is 26.1 Å². The second-order valence-electron chi connectivity index (χ2n) is 3.97. The molecule has 0 amide bonds. The molecule has 1 aliphatic rings. The number of methoxy groups -OCH3 is 1. The van der Waals surface area contributed by atoms with Gasteiger partial charge in [-0.25, -0.2) is 0 Å². The first-order valence-corrected chi connectivity index (χ1v) is 6.20. The van der Waals surface area contributed by atoms with Gasteiger partial charge in [-0.05, 0) is 6.42 Å². The van der Waals surface area contributed by atoms with Gasteiger partial charge in [-0.3, -0.25) is 0 Å². The summed E-state index contributed by atoms with van der Waals surface area (Å²) in [5, 5.41) is 3.15. The van der Waals surface area contributed by atoms with Crippen LogP contribution in [-0.4, -0.2) is 54.9 Å². The number of hydrogen-bond donors (Lipinski definition) is 1. The predicted octanol–water partition coefficient (Wildman–Crippen LogP) is 0.539. The van der Waals surface area contributed by atoms with Crippen LogP contribution in [0.3, 0.4) is 0 Å². The lowest BCUT2D eigenvalue weighted by Gasteiger charge is -2.26. The maximum Gasteiger partial charge on any atom is 0.322 e. The number of nitrogens with one attached hydrogen (secondary N) is 1. The highest BCUT2D eigenvalue weighted by Crippen LogP contribution is 2.15. The number of ether oxygens (including phenoxy) is 2. The van der Waals surface area contributed by atoms with Crippen LogP contribution < -0.4 is 15.0 Å². The first kappa shape index (κ1) is 12.8. The molecule has 7 nitrogen and oxygen atoms in total. The van der Waals surface area contributed by atoms with E-state index in [1.807, 2.05) is 0 Å². The average molecular weight is 253 g/mol. The Balaban J connectivity index is 2.16. The van der Waals surface area contributed by atoms with Gasteiger partial charge in [-0.2, -0.15) is 15.0 Å². The summed E-state index contributed by atoms with van der Waals surface area (Å²) >= 11 is 0. The van der Waals surface area contributed by atoms with Gasteiger partial charge in [0.25, 0.3) is 0 Å². The molecule has 0 bridgehead atoms. The molecule has 7 heteroatoms. The number of morpholine rings is 1. The Kier molecular flexibility index (Phi) is 4.52. The quantitative estimate of drug-likeness (QED) is 0.821. The summed E-state index contributed by atoms with van der Waals surface area (Å²) in [6.45, 7) is 5.90. The summed E-state index contributed by atoms with van der Waals surface area (Å²) in [6, 6.07) is 0.338. The number of nitrogens with zero attached hydrogens (tertiary/aromatic N) is 4. The van der Waals surface area contributed by atoms with Crippen molar-refractivity contribution in [1.82, 2.24) is 15.0 Å². The van der Waals surface area contributed by atoms with Crippen LogP contribution in [0.25, 0.3) is 0 Å². The minimum atomic E-state index is 0.338. The first-order valence-electron chi connectivity index (χ1n) is 6.20. The number of hydrogen-bond acceptors (Lipinski definition) is 7. The highest BCUT2D eigenvalue weighted by atomic mass is 16.5. The molecule has 100 valence electrons. The molecule has 1 saturated heterocycles. The van der Waals surface area contributed by atoms with E-state index in [0.29, 0.717) is 31.1 Å². The van der Waals surface area contributed by atoms with E-state index < -0.39 is 0 Å². The Bertz CT molecular complexity index is 382. The van der Waals surface area contributed by atoms with Gasteiger partial charge in [0.15, 0.2) is 0 Å². The molecule has 2 heterocycles. The Labute approximate surface area is 107 Å². The zero-order valence-electron chi connectivity index (χ0n) is 10.8. The molecule has 0 saturated carbocycles. The van der Waals surface area contributed by atoms with Crippen molar-refractivity contribution in [2.45, 2.75) is 13.3 Å². The summed E-state index contributed by atoms with van der Waals surface area (Å²) in [5.74, 6) is 1.20. The standard InChI is InChI=1S/C11H19N5O2/c1-3-4-12-9-13-10(15-11(14-9)17-2)16-5-7-18-8-6-16/h3-8H2,1-2H3,(H,12,13,14,15). The maximum atomic E-state index is 5.31. The van der Waals surface area contributed by atoms with E-state index in [1.54, 1.807) is 7.11 Å². The maximum absolute atomic E-state index is 5.31. The van der Waals surface area contributed by atoms with E-state index in [4.69, 9.17) is 9.47 Å². The topological polar surface area (TPSA) is 72.4 Å². The minimum absolute atomic E-state index is 0.338. The van der Waals surface area contributed by atoms with E-state index in [1.165, 1.54) is 0 Å². The lowest BCUT2D eigenvalue weighted by atomic mass is 10.4. The highest BCUT2D eigenvalue weighted by Gasteiger charge is 2.16. The molecule has 0 aromatic carbocycles. The van der Waals surface area contributed by atoms with Gasteiger partial charge in [-0.1, -0.05) is 6.92 Å². The van der Waals surface area contributed by atoms with Gasteiger partial charge in [0.05, 0.1) is 20.3 Å². The Hall–Kier alpha value is -1.63. The first-order chi connectivity index (χ1) is 8.83. The lowest BCUT2D eigenvalue weighted by Crippen LogP contribution is -2.37. The monoisotopic (exact) mass is 253 g/mol. The molecule has 0 atom stereocenters. The summed E-state index contributed by atoms with van der Waals surface area (Å²) in [5.41, 5.74) is 0. The smallest absolute Gasteiger partial charge is 0.322 e. The number of aromatic nitrogens is 3. The molecule has 0 spiro atoms. The van der Waals surface area contributed by atoms with Crippen molar-refractivity contribution in [3.63, 3.8) is 0 Å². The van der Waals surface area contributed by atoms with Crippen LogP contribution >= 0.6 is 0 Å². The van der Waals surface area contributed by atoms with Crippen LogP contribution in [0, 0.1) is 0 Å². The van der Waals surface area contributed by atoms with E-state index in [-0.39, 0.29) is 0 Å². The van der Waals surface area contributed by atoms with Gasteiger partial charge in [-0.15, -0.1) is 0 Å². The molecule has 2 rings (SSSR count). The Morgan fingerprint density at radius 2 is 2.06 bits per heavy atom. The van der Waals surface area contributed by atoms with Crippen LogP contribution in [0.4, 0.5) is 11.9 Å². The predicted molar refractivity (Wildman–Crippen MR) is 68.2 cm³/mol. The molecule has 0 aliphatic carbocycles. The largest absolute Gasteiger partial charge is 0.467 e. The van der Waals surface area contributed by atoms with E-state index in [2.05, 4.69) is 32.1 Å². The molecule has 1 fully saturated rings. The Morgan fingerprint density at radius 1 is 1.28 bits per heavy atom. The average Bonchev–Trinajstić information content (AvgIpc) is 2.45. The van der Waals surface area contributed by atoms with Crippen LogP contribution in [0.2, 0.25) is 0 Å². The lowest BCUT2D eigenvalue weighted by molar-refractivity contribution is 0.122. The van der Waals surface area contributed by atoms with Crippen LogP contribution in [0.15, 0.2) is 0 Å². The molecular formula is C11H19N5O2. The molecule has 0 radical (unpaired) electrons. The van der Waals surface area contributed by atoms with Gasteiger partial charge in [0.1, 0.15) is 0 Å². The normalized spacial score (nSPS) is 15.6. The van der Waals surface area contributed by atoms with Gasteiger partial charge in [0.2, 0.25) is 11.9 Å². The minimum Gasteiger partial charge on any atom is -0.467 e. The van der Waals surface area contributed by atoms with Gasteiger partial charge < -0.3 is 19.7 Å². The SMILES string of the molecule is CCCNc1nc(OC)nc(N2CCOCC2)n1. The molecule has 0 unspecified atom stereocenters. The van der Waals surface area contributed by atoms with Crippen molar-refractivity contribution in [2.75, 3.05) is 50.2 Å². The third-order valence-electron chi connectivity index (χ3n) is 2.61. The summed E-state index contributed by atoms with van der Waals surface area (Å²) in [6.07, 6.45) is 1.01. The van der Waals surface area contributed by atoms with Crippen molar-refractivity contribution in [2.24, 2.45) is 0 Å².